The molecule has 19 heavy (non-hydrogen) atoms. The molecule has 0 bridgehead atoms. The molecule has 0 spiro atoms. The molecule has 7 heteroatoms. The van der Waals surface area contributed by atoms with Crippen LogP contribution in [0.5, 0.6) is 0 Å². The zero-order valence-corrected chi connectivity index (χ0v) is 11.6. The topological polar surface area (TPSA) is 68.2 Å². The molecule has 0 saturated heterocycles. The van der Waals surface area contributed by atoms with Gasteiger partial charge >= 0.3 is 0 Å². The van der Waals surface area contributed by atoms with Gasteiger partial charge in [-0.15, -0.1) is 10.2 Å². The molecule has 2 rings (SSSR count). The van der Waals surface area contributed by atoms with Gasteiger partial charge in [-0.25, -0.2) is 0 Å². The van der Waals surface area contributed by atoms with E-state index < -0.39 is 0 Å². The maximum absolute atomic E-state index is 12.4. The molecule has 0 fully saturated rings. The van der Waals surface area contributed by atoms with Crippen molar-refractivity contribution in [1.29, 1.82) is 0 Å². The van der Waals surface area contributed by atoms with E-state index >= 15 is 0 Å². The molecule has 0 aliphatic carbocycles. The number of rotatable bonds is 5. The number of aryl methyl sites for hydroxylation is 1. The minimum Gasteiger partial charge on any atom is -0.383 e. The lowest BCUT2D eigenvalue weighted by atomic mass is 10.2. The third-order valence-electron chi connectivity index (χ3n) is 2.44. The Morgan fingerprint density at radius 3 is 2.68 bits per heavy atom. The maximum Gasteiger partial charge on any atom is 0.260 e. The Balaban J connectivity index is 2.25. The van der Waals surface area contributed by atoms with Crippen molar-refractivity contribution < 1.29 is 9.53 Å². The van der Waals surface area contributed by atoms with E-state index in [4.69, 9.17) is 4.74 Å². The number of carbonyl (C=O) groups excluding carboxylic acids is 1. The van der Waals surface area contributed by atoms with Crippen LogP contribution in [0.15, 0.2) is 24.5 Å². The molecule has 0 N–H and O–H groups in total. The van der Waals surface area contributed by atoms with Crippen LogP contribution >= 0.6 is 11.3 Å². The van der Waals surface area contributed by atoms with E-state index in [9.17, 15) is 4.79 Å². The quantitative estimate of drug-likeness (QED) is 0.829. The maximum atomic E-state index is 12.4. The predicted molar refractivity (Wildman–Crippen MR) is 72.4 cm³/mol. The van der Waals surface area contributed by atoms with Gasteiger partial charge in [0.15, 0.2) is 0 Å². The van der Waals surface area contributed by atoms with Gasteiger partial charge in [-0.1, -0.05) is 11.3 Å². The van der Waals surface area contributed by atoms with Crippen molar-refractivity contribution in [3.05, 3.63) is 35.1 Å². The van der Waals surface area contributed by atoms with Crippen LogP contribution in [0.1, 0.15) is 15.4 Å². The summed E-state index contributed by atoms with van der Waals surface area (Å²) in [5.74, 6) is -0.129. The third-order valence-corrected chi connectivity index (χ3v) is 3.30. The minimum absolute atomic E-state index is 0.129. The highest BCUT2D eigenvalue weighted by Crippen LogP contribution is 2.21. The summed E-state index contributed by atoms with van der Waals surface area (Å²) in [6.45, 7) is 2.73. The summed E-state index contributed by atoms with van der Waals surface area (Å²) in [5, 5.41) is 9.36. The molecule has 1 amide bonds. The monoisotopic (exact) mass is 278 g/mol. The first-order chi connectivity index (χ1) is 9.22. The highest BCUT2D eigenvalue weighted by Gasteiger charge is 2.20. The molecule has 100 valence electrons. The summed E-state index contributed by atoms with van der Waals surface area (Å²) < 4.78 is 5.04. The zero-order valence-electron chi connectivity index (χ0n) is 10.7. The molecule has 0 aliphatic rings. The molecular formula is C12H14N4O2S. The molecule has 0 saturated carbocycles. The Labute approximate surface area is 115 Å². The first-order valence-corrected chi connectivity index (χ1v) is 6.55. The van der Waals surface area contributed by atoms with E-state index in [-0.39, 0.29) is 5.91 Å². The number of hydrogen-bond acceptors (Lipinski definition) is 6. The number of pyridine rings is 1. The summed E-state index contributed by atoms with van der Waals surface area (Å²) in [6.07, 6.45) is 3.18. The fraction of sp³-hybridized carbons (Fsp3) is 0.333. The van der Waals surface area contributed by atoms with Crippen LogP contribution < -0.4 is 4.90 Å². The van der Waals surface area contributed by atoms with Crippen LogP contribution in [-0.4, -0.2) is 41.3 Å². The van der Waals surface area contributed by atoms with E-state index in [0.29, 0.717) is 23.8 Å². The highest BCUT2D eigenvalue weighted by atomic mass is 32.1. The number of aromatic nitrogens is 3. The van der Waals surface area contributed by atoms with Crippen LogP contribution in [0.3, 0.4) is 0 Å². The van der Waals surface area contributed by atoms with Gasteiger partial charge in [0, 0.05) is 25.1 Å². The number of hydrogen-bond donors (Lipinski definition) is 0. The Morgan fingerprint density at radius 2 is 2.11 bits per heavy atom. The van der Waals surface area contributed by atoms with Crippen molar-refractivity contribution in [2.45, 2.75) is 6.92 Å². The number of anilines is 1. The van der Waals surface area contributed by atoms with E-state index in [0.717, 1.165) is 5.01 Å². The number of amides is 1. The molecular weight excluding hydrogens is 264 g/mol. The van der Waals surface area contributed by atoms with Crippen LogP contribution in [0, 0.1) is 6.92 Å². The summed E-state index contributed by atoms with van der Waals surface area (Å²) in [4.78, 5) is 17.9. The second-order valence-corrected chi connectivity index (χ2v) is 4.95. The van der Waals surface area contributed by atoms with Crippen molar-refractivity contribution >= 4 is 22.4 Å². The van der Waals surface area contributed by atoms with Crippen molar-refractivity contribution in [2.24, 2.45) is 0 Å². The second-order valence-electron chi connectivity index (χ2n) is 3.79. The van der Waals surface area contributed by atoms with Gasteiger partial charge in [0.25, 0.3) is 5.91 Å². The van der Waals surface area contributed by atoms with E-state index in [1.54, 1.807) is 36.5 Å². The fourth-order valence-electron chi connectivity index (χ4n) is 1.51. The number of methoxy groups -OCH3 is 1. The summed E-state index contributed by atoms with van der Waals surface area (Å²) >= 11 is 1.38. The van der Waals surface area contributed by atoms with Gasteiger partial charge in [-0.3, -0.25) is 14.7 Å². The van der Waals surface area contributed by atoms with Crippen molar-refractivity contribution in [3.63, 3.8) is 0 Å². The average Bonchev–Trinajstić information content (AvgIpc) is 2.86. The van der Waals surface area contributed by atoms with Crippen molar-refractivity contribution in [1.82, 2.24) is 15.2 Å². The molecule has 0 aliphatic heterocycles. The Kier molecular flexibility index (Phi) is 4.53. The zero-order chi connectivity index (χ0) is 13.7. The van der Waals surface area contributed by atoms with E-state index in [2.05, 4.69) is 15.2 Å². The summed E-state index contributed by atoms with van der Waals surface area (Å²) in [6, 6.07) is 3.35. The smallest absolute Gasteiger partial charge is 0.260 e. The van der Waals surface area contributed by atoms with E-state index in [1.165, 1.54) is 11.3 Å². The largest absolute Gasteiger partial charge is 0.383 e. The summed E-state index contributed by atoms with van der Waals surface area (Å²) in [7, 11) is 1.60. The average molecular weight is 278 g/mol. The molecule has 6 nitrogen and oxygen atoms in total. The number of ether oxygens (including phenoxy) is 1. The lowest BCUT2D eigenvalue weighted by Crippen LogP contribution is -2.33. The standard InChI is InChI=1S/C12H14N4O2S/c1-9-14-15-12(19-9)16(7-8-18-2)11(17)10-3-5-13-6-4-10/h3-6H,7-8H2,1-2H3. The summed E-state index contributed by atoms with van der Waals surface area (Å²) in [5.41, 5.74) is 0.568. The normalized spacial score (nSPS) is 10.4. The molecule has 0 unspecified atom stereocenters. The minimum atomic E-state index is -0.129. The Hall–Kier alpha value is -1.86. The van der Waals surface area contributed by atoms with Gasteiger partial charge < -0.3 is 4.74 Å². The first-order valence-electron chi connectivity index (χ1n) is 5.73. The first kappa shape index (κ1) is 13.6. The van der Waals surface area contributed by atoms with Gasteiger partial charge in [0.05, 0.1) is 13.2 Å². The van der Waals surface area contributed by atoms with Gasteiger partial charge in [-0.05, 0) is 19.1 Å². The van der Waals surface area contributed by atoms with Crippen LogP contribution in [0.4, 0.5) is 5.13 Å². The van der Waals surface area contributed by atoms with Gasteiger partial charge in [0.1, 0.15) is 5.01 Å². The molecule has 2 aromatic rings. The lowest BCUT2D eigenvalue weighted by molar-refractivity contribution is 0.0975. The predicted octanol–water partition coefficient (Wildman–Crippen LogP) is 1.53. The van der Waals surface area contributed by atoms with Crippen LogP contribution in [-0.2, 0) is 4.74 Å². The van der Waals surface area contributed by atoms with Crippen molar-refractivity contribution in [2.75, 3.05) is 25.2 Å². The third kappa shape index (κ3) is 3.33. The fourth-order valence-corrected chi connectivity index (χ4v) is 2.22. The SMILES string of the molecule is COCCN(C(=O)c1ccncc1)c1nnc(C)s1. The molecule has 2 heterocycles. The highest BCUT2D eigenvalue weighted by molar-refractivity contribution is 7.15. The Morgan fingerprint density at radius 1 is 1.37 bits per heavy atom. The van der Waals surface area contributed by atoms with Gasteiger partial charge in [-0.2, -0.15) is 0 Å². The van der Waals surface area contributed by atoms with Crippen LogP contribution in [0.2, 0.25) is 0 Å². The molecule has 2 aromatic heterocycles. The van der Waals surface area contributed by atoms with Crippen molar-refractivity contribution in [3.8, 4) is 0 Å². The lowest BCUT2D eigenvalue weighted by Gasteiger charge is -2.18. The number of nitrogens with zero attached hydrogens (tertiary/aromatic N) is 4. The van der Waals surface area contributed by atoms with Crippen LogP contribution in [0.25, 0.3) is 0 Å². The van der Waals surface area contributed by atoms with E-state index in [1.807, 2.05) is 6.92 Å². The Bertz CT molecular complexity index is 544. The second kappa shape index (κ2) is 6.35. The molecule has 0 atom stereocenters. The molecule has 0 aromatic carbocycles. The van der Waals surface area contributed by atoms with Gasteiger partial charge in [0.2, 0.25) is 5.13 Å². The number of carbonyl (C=O) groups is 1. The molecule has 0 radical (unpaired) electrons.